The van der Waals surface area contributed by atoms with Crippen molar-refractivity contribution >= 4 is 52.4 Å². The van der Waals surface area contributed by atoms with Gasteiger partial charge in [0.15, 0.2) is 0 Å². The lowest BCUT2D eigenvalue weighted by molar-refractivity contribution is -0.131. The average molecular weight is 525 g/mol. The van der Waals surface area contributed by atoms with Crippen molar-refractivity contribution in [2.45, 2.75) is 38.5 Å². The van der Waals surface area contributed by atoms with Crippen molar-refractivity contribution < 1.29 is 19.1 Å². The van der Waals surface area contributed by atoms with Crippen molar-refractivity contribution in [3.05, 3.63) is 87.9 Å². The van der Waals surface area contributed by atoms with Crippen LogP contribution < -0.4 is 15.4 Å². The van der Waals surface area contributed by atoms with Gasteiger partial charge in [-0.3, -0.25) is 14.4 Å². The van der Waals surface area contributed by atoms with Gasteiger partial charge in [0.25, 0.3) is 5.91 Å². The van der Waals surface area contributed by atoms with Gasteiger partial charge in [-0.25, -0.2) is 0 Å². The van der Waals surface area contributed by atoms with Crippen LogP contribution in [0, 0.1) is 5.92 Å². The summed E-state index contributed by atoms with van der Waals surface area (Å²) in [4.78, 5) is 36.2. The molecular weight excluding hydrogens is 499 g/mol. The topological polar surface area (TPSA) is 84.5 Å². The molecule has 0 radical (unpaired) electrons. The standard InChI is InChI=1S/C28H26Cl2N2O4/c1-17(33)36-24-13-11-23(12-14-24)31-27(34)20-4-2-18(3-5-20)19-6-9-22(10-7-19)32-28(35)21-8-15-25(29)26(30)16-21/h6-16,18,20H,2-5H2,1H3,(H,31,34)(H,32,35). The number of hydrogen-bond donors (Lipinski definition) is 2. The van der Waals surface area contributed by atoms with E-state index in [4.69, 9.17) is 27.9 Å². The molecule has 36 heavy (non-hydrogen) atoms. The van der Waals surface area contributed by atoms with Crippen LogP contribution in [0.15, 0.2) is 66.7 Å². The Morgan fingerprint density at radius 3 is 2.00 bits per heavy atom. The molecule has 0 unspecified atom stereocenters. The first-order valence-electron chi connectivity index (χ1n) is 11.7. The highest BCUT2D eigenvalue weighted by Crippen LogP contribution is 2.36. The molecule has 1 saturated carbocycles. The fraction of sp³-hybridized carbons (Fsp3) is 0.250. The van der Waals surface area contributed by atoms with Crippen molar-refractivity contribution in [2.24, 2.45) is 5.92 Å². The molecule has 8 heteroatoms. The van der Waals surface area contributed by atoms with Crippen LogP contribution in [0.1, 0.15) is 54.4 Å². The Labute approximate surface area is 219 Å². The predicted octanol–water partition coefficient (Wildman–Crippen LogP) is 7.08. The van der Waals surface area contributed by atoms with E-state index in [9.17, 15) is 14.4 Å². The minimum Gasteiger partial charge on any atom is -0.427 e. The molecule has 1 aliphatic rings. The van der Waals surface area contributed by atoms with E-state index in [1.54, 1.807) is 42.5 Å². The Morgan fingerprint density at radius 1 is 0.778 bits per heavy atom. The Hall–Kier alpha value is -3.35. The monoisotopic (exact) mass is 524 g/mol. The maximum atomic E-state index is 12.7. The van der Waals surface area contributed by atoms with Gasteiger partial charge in [0.05, 0.1) is 10.0 Å². The Balaban J connectivity index is 1.27. The number of amides is 2. The molecule has 186 valence electrons. The van der Waals surface area contributed by atoms with Gasteiger partial charge in [-0.1, -0.05) is 35.3 Å². The molecule has 2 amide bonds. The number of carbonyl (C=O) groups excluding carboxylic acids is 3. The van der Waals surface area contributed by atoms with Crippen molar-refractivity contribution in [3.8, 4) is 5.75 Å². The average Bonchev–Trinajstić information content (AvgIpc) is 2.87. The molecule has 0 heterocycles. The summed E-state index contributed by atoms with van der Waals surface area (Å²) in [7, 11) is 0. The van der Waals surface area contributed by atoms with Crippen molar-refractivity contribution in [3.63, 3.8) is 0 Å². The molecular formula is C28H26Cl2N2O4. The molecule has 1 aliphatic carbocycles. The highest BCUT2D eigenvalue weighted by atomic mass is 35.5. The highest BCUT2D eigenvalue weighted by molar-refractivity contribution is 6.42. The minimum atomic E-state index is -0.383. The third kappa shape index (κ3) is 6.65. The van der Waals surface area contributed by atoms with E-state index in [1.807, 2.05) is 24.3 Å². The molecule has 2 N–H and O–H groups in total. The Kier molecular flexibility index (Phi) is 8.28. The van der Waals surface area contributed by atoms with Crippen molar-refractivity contribution in [1.82, 2.24) is 0 Å². The number of ether oxygens (including phenoxy) is 1. The zero-order chi connectivity index (χ0) is 25.7. The summed E-state index contributed by atoms with van der Waals surface area (Å²) in [6.07, 6.45) is 3.44. The maximum Gasteiger partial charge on any atom is 0.308 e. The molecule has 3 aromatic carbocycles. The number of hydrogen-bond acceptors (Lipinski definition) is 4. The van der Waals surface area contributed by atoms with E-state index < -0.39 is 0 Å². The Morgan fingerprint density at radius 2 is 1.39 bits per heavy atom. The van der Waals surface area contributed by atoms with Gasteiger partial charge in [0.2, 0.25) is 5.91 Å². The van der Waals surface area contributed by atoms with Crippen molar-refractivity contribution in [2.75, 3.05) is 10.6 Å². The predicted molar refractivity (Wildman–Crippen MR) is 142 cm³/mol. The third-order valence-corrected chi connectivity index (χ3v) is 7.04. The lowest BCUT2D eigenvalue weighted by atomic mass is 9.78. The summed E-state index contributed by atoms with van der Waals surface area (Å²) >= 11 is 11.9. The number of esters is 1. The first-order chi connectivity index (χ1) is 17.3. The van der Waals surface area contributed by atoms with E-state index in [1.165, 1.54) is 12.5 Å². The molecule has 3 aromatic rings. The molecule has 0 aliphatic heterocycles. The van der Waals surface area contributed by atoms with E-state index in [0.717, 1.165) is 25.7 Å². The largest absolute Gasteiger partial charge is 0.427 e. The number of rotatable bonds is 6. The second-order valence-electron chi connectivity index (χ2n) is 8.86. The zero-order valence-corrected chi connectivity index (χ0v) is 21.2. The number of carbonyl (C=O) groups is 3. The molecule has 0 saturated heterocycles. The number of anilines is 2. The summed E-state index contributed by atoms with van der Waals surface area (Å²) in [5, 5.41) is 6.57. The van der Waals surface area contributed by atoms with Gasteiger partial charge in [-0.15, -0.1) is 0 Å². The van der Waals surface area contributed by atoms with Crippen LogP contribution in [-0.2, 0) is 9.59 Å². The second kappa shape index (κ2) is 11.6. The highest BCUT2D eigenvalue weighted by Gasteiger charge is 2.27. The first-order valence-corrected chi connectivity index (χ1v) is 12.5. The van der Waals surface area contributed by atoms with Crippen LogP contribution in [-0.4, -0.2) is 17.8 Å². The molecule has 0 bridgehead atoms. The molecule has 1 fully saturated rings. The lowest BCUT2D eigenvalue weighted by Gasteiger charge is -2.28. The SMILES string of the molecule is CC(=O)Oc1ccc(NC(=O)C2CCC(c3ccc(NC(=O)c4ccc(Cl)c(Cl)c4)cc3)CC2)cc1. The van der Waals surface area contributed by atoms with Crippen LogP contribution >= 0.6 is 23.2 Å². The molecule has 0 aromatic heterocycles. The van der Waals surface area contributed by atoms with Crippen LogP contribution in [0.5, 0.6) is 5.75 Å². The van der Waals surface area contributed by atoms with Gasteiger partial charge in [-0.05, 0) is 91.8 Å². The van der Waals surface area contributed by atoms with Gasteiger partial charge in [0.1, 0.15) is 5.75 Å². The van der Waals surface area contributed by atoms with E-state index >= 15 is 0 Å². The van der Waals surface area contributed by atoms with Gasteiger partial charge in [0, 0.05) is 29.8 Å². The first kappa shape index (κ1) is 25.7. The molecule has 4 rings (SSSR count). The summed E-state index contributed by atoms with van der Waals surface area (Å²) in [5.74, 6) is 0.145. The normalized spacial score (nSPS) is 17.2. The van der Waals surface area contributed by atoms with Crippen molar-refractivity contribution in [1.29, 1.82) is 0 Å². The number of benzene rings is 3. The van der Waals surface area contributed by atoms with Gasteiger partial charge < -0.3 is 15.4 Å². The Bertz CT molecular complexity index is 1250. The lowest BCUT2D eigenvalue weighted by Crippen LogP contribution is -2.26. The second-order valence-corrected chi connectivity index (χ2v) is 9.68. The van der Waals surface area contributed by atoms with Gasteiger partial charge >= 0.3 is 5.97 Å². The van der Waals surface area contributed by atoms with Crippen LogP contribution in [0.4, 0.5) is 11.4 Å². The molecule has 0 spiro atoms. The maximum absolute atomic E-state index is 12.7. The number of halogens is 2. The quantitative estimate of drug-likeness (QED) is 0.266. The molecule has 6 nitrogen and oxygen atoms in total. The number of nitrogens with one attached hydrogen (secondary N) is 2. The minimum absolute atomic E-state index is 0.00838. The summed E-state index contributed by atoms with van der Waals surface area (Å²) in [6.45, 7) is 1.35. The zero-order valence-electron chi connectivity index (χ0n) is 19.7. The molecule has 0 atom stereocenters. The van der Waals surface area contributed by atoms with Crippen LogP contribution in [0.25, 0.3) is 0 Å². The summed E-state index contributed by atoms with van der Waals surface area (Å²) in [5.41, 5.74) is 3.01. The summed E-state index contributed by atoms with van der Waals surface area (Å²) < 4.78 is 5.02. The van der Waals surface area contributed by atoms with E-state index in [0.29, 0.717) is 38.7 Å². The van der Waals surface area contributed by atoms with E-state index in [-0.39, 0.29) is 23.7 Å². The van der Waals surface area contributed by atoms with Gasteiger partial charge in [-0.2, -0.15) is 0 Å². The fourth-order valence-corrected chi connectivity index (χ4v) is 4.68. The summed E-state index contributed by atoms with van der Waals surface area (Å²) in [6, 6.07) is 19.4. The smallest absolute Gasteiger partial charge is 0.308 e. The fourth-order valence-electron chi connectivity index (χ4n) is 4.38. The van der Waals surface area contributed by atoms with Crippen LogP contribution in [0.3, 0.4) is 0 Å². The third-order valence-electron chi connectivity index (χ3n) is 6.30. The van der Waals surface area contributed by atoms with Crippen LogP contribution in [0.2, 0.25) is 10.0 Å². The van der Waals surface area contributed by atoms with E-state index in [2.05, 4.69) is 10.6 Å².